The predicted octanol–water partition coefficient (Wildman–Crippen LogP) is 3.85. The van der Waals surface area contributed by atoms with Crippen LogP contribution in [-0.2, 0) is 10.2 Å². The van der Waals surface area contributed by atoms with Gasteiger partial charge in [0.2, 0.25) is 11.8 Å². The smallest absolute Gasteiger partial charge is 0.232 e. The van der Waals surface area contributed by atoms with Crippen molar-refractivity contribution in [3.05, 3.63) is 40.5 Å². The maximum absolute atomic E-state index is 12.4. The van der Waals surface area contributed by atoms with Crippen LogP contribution < -0.4 is 4.90 Å². The number of amides is 1. The quantitative estimate of drug-likeness (QED) is 0.837. The second-order valence-corrected chi connectivity index (χ2v) is 7.48. The first-order chi connectivity index (χ1) is 10.8. The van der Waals surface area contributed by atoms with Gasteiger partial charge in [-0.15, -0.1) is 0 Å². The molecule has 0 N–H and O–H groups in total. The van der Waals surface area contributed by atoms with Crippen molar-refractivity contribution in [1.82, 2.24) is 10.1 Å². The van der Waals surface area contributed by atoms with Crippen LogP contribution in [0.15, 0.2) is 22.7 Å². The minimum atomic E-state index is -0.170. The highest BCUT2D eigenvalue weighted by atomic mass is 35.5. The summed E-state index contributed by atoms with van der Waals surface area (Å²) >= 11 is 5.99. The van der Waals surface area contributed by atoms with Gasteiger partial charge in [0.15, 0.2) is 5.82 Å². The molecule has 23 heavy (non-hydrogen) atoms. The number of rotatable bonds is 2. The molecule has 1 amide bonds. The molecule has 0 spiro atoms. The SMILES string of the molecule is Cc1cc(Cl)ccc1N1CC(c2nc(C(C)(C)C)no2)CC1=O. The molecule has 122 valence electrons. The summed E-state index contributed by atoms with van der Waals surface area (Å²) < 4.78 is 5.40. The average Bonchev–Trinajstić information content (AvgIpc) is 3.05. The van der Waals surface area contributed by atoms with Gasteiger partial charge in [-0.25, -0.2) is 0 Å². The molecule has 3 rings (SSSR count). The lowest BCUT2D eigenvalue weighted by Gasteiger charge is -2.18. The zero-order valence-electron chi connectivity index (χ0n) is 13.8. The summed E-state index contributed by atoms with van der Waals surface area (Å²) in [6, 6.07) is 5.54. The third kappa shape index (κ3) is 3.11. The summed E-state index contributed by atoms with van der Waals surface area (Å²) in [7, 11) is 0. The largest absolute Gasteiger partial charge is 0.339 e. The van der Waals surface area contributed by atoms with Gasteiger partial charge >= 0.3 is 0 Å². The van der Waals surface area contributed by atoms with E-state index in [1.54, 1.807) is 11.0 Å². The Kier molecular flexibility index (Phi) is 3.92. The number of aromatic nitrogens is 2. The lowest BCUT2D eigenvalue weighted by Crippen LogP contribution is -2.25. The first-order valence-electron chi connectivity index (χ1n) is 7.66. The normalized spacial score (nSPS) is 18.7. The minimum Gasteiger partial charge on any atom is -0.339 e. The molecule has 0 saturated carbocycles. The molecule has 1 aliphatic rings. The Morgan fingerprint density at radius 1 is 1.35 bits per heavy atom. The van der Waals surface area contributed by atoms with Crippen LogP contribution in [0.3, 0.4) is 0 Å². The molecule has 0 bridgehead atoms. The van der Waals surface area contributed by atoms with E-state index in [-0.39, 0.29) is 17.2 Å². The number of carbonyl (C=O) groups is 1. The van der Waals surface area contributed by atoms with Crippen LogP contribution in [0.5, 0.6) is 0 Å². The van der Waals surface area contributed by atoms with Gasteiger partial charge in [0.1, 0.15) is 0 Å². The summed E-state index contributed by atoms with van der Waals surface area (Å²) in [6.07, 6.45) is 0.383. The van der Waals surface area contributed by atoms with E-state index in [4.69, 9.17) is 16.1 Å². The number of hydrogen-bond acceptors (Lipinski definition) is 4. The van der Waals surface area contributed by atoms with Gasteiger partial charge in [-0.3, -0.25) is 4.79 Å². The van der Waals surface area contributed by atoms with Crippen molar-refractivity contribution in [1.29, 1.82) is 0 Å². The molecule has 1 aromatic carbocycles. The number of nitrogens with zero attached hydrogens (tertiary/aromatic N) is 3. The predicted molar refractivity (Wildman–Crippen MR) is 88.9 cm³/mol. The number of halogens is 1. The van der Waals surface area contributed by atoms with Gasteiger partial charge in [-0.2, -0.15) is 4.98 Å². The van der Waals surface area contributed by atoms with Crippen LogP contribution in [0.2, 0.25) is 5.02 Å². The third-order valence-electron chi connectivity index (χ3n) is 4.04. The number of benzene rings is 1. The molecular formula is C17H20ClN3O2. The van der Waals surface area contributed by atoms with Crippen molar-refractivity contribution in [2.75, 3.05) is 11.4 Å². The van der Waals surface area contributed by atoms with E-state index in [9.17, 15) is 4.79 Å². The van der Waals surface area contributed by atoms with Gasteiger partial charge in [-0.05, 0) is 30.7 Å². The number of aryl methyl sites for hydroxylation is 1. The third-order valence-corrected chi connectivity index (χ3v) is 4.27. The van der Waals surface area contributed by atoms with Gasteiger partial charge in [0.25, 0.3) is 0 Å². The van der Waals surface area contributed by atoms with Gasteiger partial charge in [-0.1, -0.05) is 37.5 Å². The Balaban J connectivity index is 1.84. The van der Waals surface area contributed by atoms with Crippen molar-refractivity contribution < 1.29 is 9.32 Å². The lowest BCUT2D eigenvalue weighted by molar-refractivity contribution is -0.117. The van der Waals surface area contributed by atoms with Crippen molar-refractivity contribution in [2.45, 2.75) is 45.4 Å². The van der Waals surface area contributed by atoms with E-state index >= 15 is 0 Å². The van der Waals surface area contributed by atoms with E-state index in [0.29, 0.717) is 29.7 Å². The second-order valence-electron chi connectivity index (χ2n) is 7.04. The van der Waals surface area contributed by atoms with Crippen molar-refractivity contribution >= 4 is 23.2 Å². The molecule has 1 saturated heterocycles. The molecule has 1 aromatic heterocycles. The van der Waals surface area contributed by atoms with Gasteiger partial charge in [0, 0.05) is 29.1 Å². The fraction of sp³-hybridized carbons (Fsp3) is 0.471. The molecule has 1 unspecified atom stereocenters. The molecule has 0 radical (unpaired) electrons. The van der Waals surface area contributed by atoms with Crippen LogP contribution in [0, 0.1) is 6.92 Å². The van der Waals surface area contributed by atoms with E-state index in [0.717, 1.165) is 11.3 Å². The van der Waals surface area contributed by atoms with E-state index in [1.165, 1.54) is 0 Å². The molecule has 6 heteroatoms. The molecule has 0 aliphatic carbocycles. The lowest BCUT2D eigenvalue weighted by atomic mass is 9.96. The van der Waals surface area contributed by atoms with E-state index in [2.05, 4.69) is 10.1 Å². The topological polar surface area (TPSA) is 59.2 Å². The number of carbonyl (C=O) groups excluding carboxylic acids is 1. The Morgan fingerprint density at radius 2 is 2.09 bits per heavy atom. The first-order valence-corrected chi connectivity index (χ1v) is 8.04. The first kappa shape index (κ1) is 16.0. The van der Waals surface area contributed by atoms with Crippen LogP contribution in [-0.4, -0.2) is 22.6 Å². The summed E-state index contributed by atoms with van der Waals surface area (Å²) in [4.78, 5) is 18.7. The van der Waals surface area contributed by atoms with Crippen LogP contribution in [0.4, 0.5) is 5.69 Å². The maximum atomic E-state index is 12.4. The van der Waals surface area contributed by atoms with Crippen LogP contribution in [0.1, 0.15) is 50.4 Å². The summed E-state index contributed by atoms with van der Waals surface area (Å²) in [5.41, 5.74) is 1.70. The summed E-state index contributed by atoms with van der Waals surface area (Å²) in [6.45, 7) is 8.60. The van der Waals surface area contributed by atoms with Crippen LogP contribution in [0.25, 0.3) is 0 Å². The molecular weight excluding hydrogens is 314 g/mol. The second kappa shape index (κ2) is 5.64. The van der Waals surface area contributed by atoms with Crippen molar-refractivity contribution in [3.8, 4) is 0 Å². The highest BCUT2D eigenvalue weighted by Gasteiger charge is 2.36. The highest BCUT2D eigenvalue weighted by molar-refractivity contribution is 6.30. The monoisotopic (exact) mass is 333 g/mol. The molecule has 1 fully saturated rings. The van der Waals surface area contributed by atoms with Crippen LogP contribution >= 0.6 is 11.6 Å². The summed E-state index contributed by atoms with van der Waals surface area (Å²) in [5.74, 6) is 1.20. The molecule has 2 heterocycles. The zero-order valence-corrected chi connectivity index (χ0v) is 14.5. The molecule has 1 aliphatic heterocycles. The average molecular weight is 334 g/mol. The Bertz CT molecular complexity index is 749. The van der Waals surface area contributed by atoms with E-state index in [1.807, 2.05) is 39.8 Å². The Hall–Kier alpha value is -1.88. The highest BCUT2D eigenvalue weighted by Crippen LogP contribution is 2.34. The van der Waals surface area contributed by atoms with Gasteiger partial charge < -0.3 is 9.42 Å². The van der Waals surface area contributed by atoms with Crippen molar-refractivity contribution in [2.24, 2.45) is 0 Å². The molecule has 2 aromatic rings. The van der Waals surface area contributed by atoms with Gasteiger partial charge in [0.05, 0.1) is 5.92 Å². The van der Waals surface area contributed by atoms with E-state index < -0.39 is 0 Å². The fourth-order valence-corrected chi connectivity index (χ4v) is 2.96. The standard InChI is InChI=1S/C17H20ClN3O2/c1-10-7-12(18)5-6-13(10)21-9-11(8-14(21)22)15-19-16(20-23-15)17(2,3)4/h5-7,11H,8-9H2,1-4H3. The molecule has 1 atom stereocenters. The number of anilines is 1. The molecule has 5 nitrogen and oxygen atoms in total. The minimum absolute atomic E-state index is 0.0657. The van der Waals surface area contributed by atoms with Crippen molar-refractivity contribution in [3.63, 3.8) is 0 Å². The number of hydrogen-bond donors (Lipinski definition) is 0. The fourth-order valence-electron chi connectivity index (χ4n) is 2.73. The summed E-state index contributed by atoms with van der Waals surface area (Å²) in [5, 5.41) is 4.72. The zero-order chi connectivity index (χ0) is 16.8. The Morgan fingerprint density at radius 3 is 2.70 bits per heavy atom. The Labute approximate surface area is 140 Å². The maximum Gasteiger partial charge on any atom is 0.232 e.